The molecule has 0 radical (unpaired) electrons. The van der Waals surface area contributed by atoms with Gasteiger partial charge < -0.3 is 14.6 Å². The lowest BCUT2D eigenvalue weighted by Crippen LogP contribution is -2.26. The van der Waals surface area contributed by atoms with Gasteiger partial charge in [0.2, 0.25) is 0 Å². The lowest BCUT2D eigenvalue weighted by atomic mass is 10.1. The maximum absolute atomic E-state index is 11.3. The number of aliphatic carboxylic acids is 1. The molecule has 2 rings (SSSR count). The third kappa shape index (κ3) is 4.61. The second kappa shape index (κ2) is 7.45. The van der Waals surface area contributed by atoms with Crippen LogP contribution in [-0.4, -0.2) is 24.3 Å². The second-order valence-corrected chi connectivity index (χ2v) is 4.68. The van der Waals surface area contributed by atoms with Gasteiger partial charge in [0.15, 0.2) is 6.10 Å². The highest BCUT2D eigenvalue weighted by atomic mass is 16.5. The Morgan fingerprint density at radius 3 is 2.48 bits per heavy atom. The summed E-state index contributed by atoms with van der Waals surface area (Å²) in [5.74, 6) is -0.256. The van der Waals surface area contributed by atoms with Gasteiger partial charge in [0, 0.05) is 6.42 Å². The molecule has 0 heterocycles. The Hall–Kier alpha value is -2.33. The maximum atomic E-state index is 11.3. The molecule has 0 fully saturated rings. The van der Waals surface area contributed by atoms with Crippen LogP contribution in [0.25, 0.3) is 0 Å². The van der Waals surface area contributed by atoms with Crippen molar-refractivity contribution in [1.29, 1.82) is 0 Å². The van der Waals surface area contributed by atoms with Crippen LogP contribution in [0.2, 0.25) is 0 Å². The van der Waals surface area contributed by atoms with Crippen molar-refractivity contribution in [2.24, 2.45) is 0 Å². The molecule has 0 saturated heterocycles. The third-order valence-electron chi connectivity index (χ3n) is 3.12. The van der Waals surface area contributed by atoms with Crippen LogP contribution in [0, 0.1) is 0 Å². The van der Waals surface area contributed by atoms with Gasteiger partial charge in [0.05, 0.1) is 13.7 Å². The number of ether oxygens (including phenoxy) is 2. The maximum Gasteiger partial charge on any atom is 0.333 e. The molecule has 2 aromatic rings. The van der Waals surface area contributed by atoms with Crippen LogP contribution in [-0.2, 0) is 22.6 Å². The van der Waals surface area contributed by atoms with E-state index in [9.17, 15) is 9.90 Å². The second-order valence-electron chi connectivity index (χ2n) is 4.68. The van der Waals surface area contributed by atoms with E-state index in [1.807, 2.05) is 54.6 Å². The topological polar surface area (TPSA) is 55.8 Å². The van der Waals surface area contributed by atoms with Gasteiger partial charge in [-0.25, -0.2) is 4.79 Å². The average Bonchev–Trinajstić information content (AvgIpc) is 2.52. The molecule has 21 heavy (non-hydrogen) atoms. The largest absolute Gasteiger partial charge is 0.497 e. The van der Waals surface area contributed by atoms with Crippen molar-refractivity contribution in [3.8, 4) is 5.75 Å². The van der Waals surface area contributed by atoms with Gasteiger partial charge in [-0.15, -0.1) is 0 Å². The Morgan fingerprint density at radius 2 is 1.81 bits per heavy atom. The molecular weight excluding hydrogens is 268 g/mol. The molecule has 0 saturated carbocycles. The minimum absolute atomic E-state index is 0.280. The van der Waals surface area contributed by atoms with E-state index in [1.54, 1.807) is 7.11 Å². The Labute approximate surface area is 123 Å². The molecule has 0 spiro atoms. The van der Waals surface area contributed by atoms with Gasteiger partial charge in [-0.05, 0) is 23.3 Å². The first-order valence-electron chi connectivity index (χ1n) is 6.70. The SMILES string of the molecule is COc1cccc(C[C@@H](OCc2ccccc2)C(=O)O)c1. The van der Waals surface area contributed by atoms with Crippen LogP contribution in [0.3, 0.4) is 0 Å². The first-order valence-corrected chi connectivity index (χ1v) is 6.70. The monoisotopic (exact) mass is 286 g/mol. The third-order valence-corrected chi connectivity index (χ3v) is 3.12. The molecule has 4 nitrogen and oxygen atoms in total. The predicted molar refractivity (Wildman–Crippen MR) is 79.4 cm³/mol. The molecule has 4 heteroatoms. The van der Waals surface area contributed by atoms with E-state index in [1.165, 1.54) is 0 Å². The number of hydrogen-bond donors (Lipinski definition) is 1. The van der Waals surface area contributed by atoms with Gasteiger partial charge in [-0.3, -0.25) is 0 Å². The molecule has 0 aliphatic heterocycles. The van der Waals surface area contributed by atoms with Gasteiger partial charge in [-0.1, -0.05) is 42.5 Å². The summed E-state index contributed by atoms with van der Waals surface area (Å²) in [7, 11) is 1.58. The number of carboxylic acids is 1. The van der Waals surface area contributed by atoms with E-state index >= 15 is 0 Å². The molecule has 110 valence electrons. The number of carbonyl (C=O) groups is 1. The molecule has 0 bridgehead atoms. The standard InChI is InChI=1S/C17H18O4/c1-20-15-9-5-8-14(10-15)11-16(17(18)19)21-12-13-6-3-2-4-7-13/h2-10,16H,11-12H2,1H3,(H,18,19)/t16-/m1/s1. The molecule has 0 aliphatic carbocycles. The fourth-order valence-corrected chi connectivity index (χ4v) is 2.00. The minimum atomic E-state index is -0.964. The highest BCUT2D eigenvalue weighted by Gasteiger charge is 2.19. The first-order chi connectivity index (χ1) is 10.2. The summed E-state index contributed by atoms with van der Waals surface area (Å²) >= 11 is 0. The summed E-state index contributed by atoms with van der Waals surface area (Å²) in [6, 6.07) is 16.9. The molecular formula is C17H18O4. The predicted octanol–water partition coefficient (Wildman–Crippen LogP) is 2.91. The Bertz CT molecular complexity index is 580. The number of hydrogen-bond acceptors (Lipinski definition) is 3. The van der Waals surface area contributed by atoms with Crippen LogP contribution >= 0.6 is 0 Å². The van der Waals surface area contributed by atoms with E-state index in [-0.39, 0.29) is 6.61 Å². The number of benzene rings is 2. The van der Waals surface area contributed by atoms with Crippen LogP contribution < -0.4 is 4.74 Å². The average molecular weight is 286 g/mol. The van der Waals surface area contributed by atoms with Crippen LogP contribution in [0.4, 0.5) is 0 Å². The first kappa shape index (κ1) is 15.1. The summed E-state index contributed by atoms with van der Waals surface area (Å²) in [4.78, 5) is 11.3. The molecule has 0 aliphatic rings. The summed E-state index contributed by atoms with van der Waals surface area (Å²) in [5, 5.41) is 9.28. The fourth-order valence-electron chi connectivity index (χ4n) is 2.00. The highest BCUT2D eigenvalue weighted by molar-refractivity contribution is 5.72. The Balaban J connectivity index is 2.00. The minimum Gasteiger partial charge on any atom is -0.497 e. The van der Waals surface area contributed by atoms with Gasteiger partial charge >= 0.3 is 5.97 Å². The van der Waals surface area contributed by atoms with Crippen molar-refractivity contribution in [1.82, 2.24) is 0 Å². The summed E-state index contributed by atoms with van der Waals surface area (Å²) in [5.41, 5.74) is 1.82. The van der Waals surface area contributed by atoms with E-state index in [2.05, 4.69) is 0 Å². The van der Waals surface area contributed by atoms with Gasteiger partial charge in [0.25, 0.3) is 0 Å². The smallest absolute Gasteiger partial charge is 0.333 e. The highest BCUT2D eigenvalue weighted by Crippen LogP contribution is 2.16. The quantitative estimate of drug-likeness (QED) is 0.850. The van der Waals surface area contributed by atoms with Crippen molar-refractivity contribution >= 4 is 5.97 Å². The number of methoxy groups -OCH3 is 1. The molecule has 0 unspecified atom stereocenters. The van der Waals surface area contributed by atoms with Crippen LogP contribution in [0.5, 0.6) is 5.75 Å². The van der Waals surface area contributed by atoms with Crippen LogP contribution in [0.1, 0.15) is 11.1 Å². The van der Waals surface area contributed by atoms with Crippen LogP contribution in [0.15, 0.2) is 54.6 Å². The van der Waals surface area contributed by atoms with E-state index < -0.39 is 12.1 Å². The molecule has 0 aromatic heterocycles. The van der Waals surface area contributed by atoms with E-state index in [0.717, 1.165) is 11.1 Å². The summed E-state index contributed by atoms with van der Waals surface area (Å²) in [6.45, 7) is 0.280. The zero-order valence-corrected chi connectivity index (χ0v) is 11.9. The Kier molecular flexibility index (Phi) is 5.35. The zero-order valence-electron chi connectivity index (χ0n) is 11.9. The lowest BCUT2D eigenvalue weighted by Gasteiger charge is -2.14. The van der Waals surface area contributed by atoms with Gasteiger partial charge in [0.1, 0.15) is 5.75 Å². The Morgan fingerprint density at radius 1 is 1.10 bits per heavy atom. The number of carboxylic acid groups (broad SMARTS) is 1. The molecule has 1 atom stereocenters. The zero-order chi connectivity index (χ0) is 15.1. The molecule has 2 aromatic carbocycles. The normalized spacial score (nSPS) is 11.9. The van der Waals surface area contributed by atoms with Crippen molar-refractivity contribution in [3.05, 3.63) is 65.7 Å². The van der Waals surface area contributed by atoms with Crippen molar-refractivity contribution in [2.45, 2.75) is 19.1 Å². The van der Waals surface area contributed by atoms with E-state index in [4.69, 9.17) is 9.47 Å². The molecule has 1 N–H and O–H groups in total. The molecule has 0 amide bonds. The van der Waals surface area contributed by atoms with Gasteiger partial charge in [-0.2, -0.15) is 0 Å². The lowest BCUT2D eigenvalue weighted by molar-refractivity contribution is -0.151. The summed E-state index contributed by atoms with van der Waals surface area (Å²) in [6.07, 6.45) is -0.573. The number of rotatable bonds is 7. The summed E-state index contributed by atoms with van der Waals surface area (Å²) < 4.78 is 10.7. The van der Waals surface area contributed by atoms with Crippen molar-refractivity contribution in [3.63, 3.8) is 0 Å². The fraction of sp³-hybridized carbons (Fsp3) is 0.235. The van der Waals surface area contributed by atoms with Crippen molar-refractivity contribution in [2.75, 3.05) is 7.11 Å². The van der Waals surface area contributed by atoms with Crippen molar-refractivity contribution < 1.29 is 19.4 Å². The van der Waals surface area contributed by atoms with E-state index in [0.29, 0.717) is 12.2 Å².